The number of aryl methyl sites for hydroxylation is 1. The van der Waals surface area contributed by atoms with Crippen molar-refractivity contribution in [2.75, 3.05) is 30.0 Å². The molecule has 4 N–H and O–H groups in total. The molecular formula is C22H29N5O2. The van der Waals surface area contributed by atoms with Crippen LogP contribution in [0.25, 0.3) is 0 Å². The van der Waals surface area contributed by atoms with Crippen LogP contribution >= 0.6 is 0 Å². The van der Waals surface area contributed by atoms with Crippen LogP contribution in [-0.2, 0) is 9.59 Å². The Morgan fingerprint density at radius 2 is 1.90 bits per heavy atom. The largest absolute Gasteiger partial charge is 0.388 e. The maximum absolute atomic E-state index is 13.1. The van der Waals surface area contributed by atoms with Gasteiger partial charge < -0.3 is 21.3 Å². The number of piperidine rings is 1. The number of hydrogen-bond donors (Lipinski definition) is 3. The van der Waals surface area contributed by atoms with Crippen LogP contribution in [0.5, 0.6) is 0 Å². The van der Waals surface area contributed by atoms with Gasteiger partial charge in [0.25, 0.3) is 0 Å². The van der Waals surface area contributed by atoms with Gasteiger partial charge in [-0.1, -0.05) is 26.0 Å². The average molecular weight is 396 g/mol. The number of aromatic nitrogens is 1. The summed E-state index contributed by atoms with van der Waals surface area (Å²) in [5, 5.41) is 5.77. The standard InChI is InChI=1S/C22H29N5O2/c1-14-11-17(12-25-19(14)23)26-20(28)21(29)27-13-22(2,3)10-9-18(27)15-5-7-16(24-4)8-6-15/h5-8,11-12,18,24H,9-10,13H2,1-4H3,(H2,23,25)(H,26,28)/t18-/m0/s1. The van der Waals surface area contributed by atoms with Crippen LogP contribution in [0.4, 0.5) is 17.2 Å². The zero-order valence-corrected chi connectivity index (χ0v) is 17.5. The van der Waals surface area contributed by atoms with E-state index in [2.05, 4.69) is 29.5 Å². The van der Waals surface area contributed by atoms with Crippen molar-refractivity contribution in [1.82, 2.24) is 9.88 Å². The van der Waals surface area contributed by atoms with Crippen LogP contribution in [0.15, 0.2) is 36.5 Å². The molecule has 2 heterocycles. The highest BCUT2D eigenvalue weighted by Gasteiger charge is 2.38. The van der Waals surface area contributed by atoms with Crippen LogP contribution in [0.2, 0.25) is 0 Å². The summed E-state index contributed by atoms with van der Waals surface area (Å²) in [5.41, 5.74) is 8.93. The Morgan fingerprint density at radius 1 is 1.21 bits per heavy atom. The molecule has 1 aromatic heterocycles. The quantitative estimate of drug-likeness (QED) is 0.692. The summed E-state index contributed by atoms with van der Waals surface area (Å²) in [6, 6.07) is 9.59. The Balaban J connectivity index is 1.82. The predicted molar refractivity (Wildman–Crippen MR) is 115 cm³/mol. The molecule has 7 heteroatoms. The van der Waals surface area contributed by atoms with E-state index in [1.165, 1.54) is 6.20 Å². The summed E-state index contributed by atoms with van der Waals surface area (Å²) in [5.74, 6) is -0.794. The first-order chi connectivity index (χ1) is 13.7. The lowest BCUT2D eigenvalue weighted by molar-refractivity contribution is -0.147. The summed E-state index contributed by atoms with van der Waals surface area (Å²) in [6.07, 6.45) is 3.26. The average Bonchev–Trinajstić information content (AvgIpc) is 2.69. The molecule has 2 amide bonds. The number of carbonyl (C=O) groups excluding carboxylic acids is 2. The van der Waals surface area contributed by atoms with Crippen molar-refractivity contribution < 1.29 is 9.59 Å². The van der Waals surface area contributed by atoms with E-state index in [0.29, 0.717) is 18.1 Å². The third-order valence-electron chi connectivity index (χ3n) is 5.49. The number of amides is 2. The summed E-state index contributed by atoms with van der Waals surface area (Å²) < 4.78 is 0. The van der Waals surface area contributed by atoms with E-state index in [0.717, 1.165) is 29.7 Å². The van der Waals surface area contributed by atoms with E-state index in [-0.39, 0.29) is 11.5 Å². The fourth-order valence-corrected chi connectivity index (χ4v) is 3.73. The van der Waals surface area contributed by atoms with Crippen molar-refractivity contribution in [3.05, 3.63) is 47.7 Å². The summed E-state index contributed by atoms with van der Waals surface area (Å²) in [6.45, 7) is 6.58. The van der Waals surface area contributed by atoms with Gasteiger partial charge in [-0.05, 0) is 54.5 Å². The van der Waals surface area contributed by atoms with Crippen molar-refractivity contribution in [1.29, 1.82) is 0 Å². The first-order valence-electron chi connectivity index (χ1n) is 9.82. The van der Waals surface area contributed by atoms with Crippen molar-refractivity contribution in [2.24, 2.45) is 5.41 Å². The maximum atomic E-state index is 13.1. The van der Waals surface area contributed by atoms with Crippen molar-refractivity contribution in [3.8, 4) is 0 Å². The first kappa shape index (κ1) is 20.6. The number of nitrogen functional groups attached to an aromatic ring is 1. The number of nitrogens with zero attached hydrogens (tertiary/aromatic N) is 2. The monoisotopic (exact) mass is 395 g/mol. The van der Waals surface area contributed by atoms with Crippen LogP contribution in [0, 0.1) is 12.3 Å². The lowest BCUT2D eigenvalue weighted by Crippen LogP contribution is -2.49. The smallest absolute Gasteiger partial charge is 0.313 e. The molecule has 0 bridgehead atoms. The van der Waals surface area contributed by atoms with Gasteiger partial charge in [-0.15, -0.1) is 0 Å². The molecule has 3 rings (SSSR count). The molecule has 29 heavy (non-hydrogen) atoms. The van der Waals surface area contributed by atoms with Gasteiger partial charge in [0.15, 0.2) is 0 Å². The topological polar surface area (TPSA) is 100 Å². The Hall–Kier alpha value is -3.09. The number of carbonyl (C=O) groups is 2. The second-order valence-corrected chi connectivity index (χ2v) is 8.40. The van der Waals surface area contributed by atoms with Gasteiger partial charge in [0.1, 0.15) is 5.82 Å². The van der Waals surface area contributed by atoms with E-state index < -0.39 is 11.8 Å². The summed E-state index contributed by atoms with van der Waals surface area (Å²) in [7, 11) is 1.87. The molecule has 1 aliphatic rings. The predicted octanol–water partition coefficient (Wildman–Crippen LogP) is 3.34. The van der Waals surface area contributed by atoms with E-state index in [1.54, 1.807) is 17.9 Å². The Bertz CT molecular complexity index is 908. The number of benzene rings is 1. The van der Waals surface area contributed by atoms with Gasteiger partial charge in [0.05, 0.1) is 17.9 Å². The van der Waals surface area contributed by atoms with Gasteiger partial charge in [0.2, 0.25) is 0 Å². The SMILES string of the molecule is CNc1ccc([C@@H]2CCC(C)(C)CN2C(=O)C(=O)Nc2cnc(N)c(C)c2)cc1. The zero-order valence-electron chi connectivity index (χ0n) is 17.5. The molecule has 2 aromatic rings. The van der Waals surface area contributed by atoms with Crippen molar-refractivity contribution in [2.45, 2.75) is 39.7 Å². The molecular weight excluding hydrogens is 366 g/mol. The fourth-order valence-electron chi connectivity index (χ4n) is 3.73. The minimum Gasteiger partial charge on any atom is -0.388 e. The third-order valence-corrected chi connectivity index (χ3v) is 5.49. The number of hydrogen-bond acceptors (Lipinski definition) is 5. The highest BCUT2D eigenvalue weighted by Crippen LogP contribution is 2.39. The van der Waals surface area contributed by atoms with Gasteiger partial charge in [-0.25, -0.2) is 4.98 Å². The fraction of sp³-hybridized carbons (Fsp3) is 0.409. The van der Waals surface area contributed by atoms with Crippen LogP contribution in [0.1, 0.15) is 43.9 Å². The molecule has 0 saturated carbocycles. The second-order valence-electron chi connectivity index (χ2n) is 8.40. The number of nitrogens with two attached hydrogens (primary N) is 1. The number of likely N-dealkylation sites (tertiary alicyclic amines) is 1. The van der Waals surface area contributed by atoms with Gasteiger partial charge >= 0.3 is 11.8 Å². The van der Waals surface area contributed by atoms with Crippen LogP contribution in [0.3, 0.4) is 0 Å². The molecule has 1 aromatic carbocycles. The van der Waals surface area contributed by atoms with Gasteiger partial charge in [-0.2, -0.15) is 0 Å². The summed E-state index contributed by atoms with van der Waals surface area (Å²) >= 11 is 0. The molecule has 0 spiro atoms. The van der Waals surface area contributed by atoms with Crippen LogP contribution < -0.4 is 16.4 Å². The van der Waals surface area contributed by atoms with Gasteiger partial charge in [-0.3, -0.25) is 9.59 Å². The Labute approximate surface area is 171 Å². The number of rotatable bonds is 3. The normalized spacial score (nSPS) is 18.2. The maximum Gasteiger partial charge on any atom is 0.313 e. The Kier molecular flexibility index (Phi) is 5.77. The minimum absolute atomic E-state index is 0.0449. The molecule has 1 aliphatic heterocycles. The molecule has 1 fully saturated rings. The number of anilines is 3. The van der Waals surface area contributed by atoms with Gasteiger partial charge in [0, 0.05) is 19.3 Å². The van der Waals surface area contributed by atoms with E-state index in [9.17, 15) is 9.59 Å². The molecule has 0 unspecified atom stereocenters. The van der Waals surface area contributed by atoms with E-state index in [4.69, 9.17) is 5.73 Å². The highest BCUT2D eigenvalue weighted by molar-refractivity contribution is 6.39. The first-order valence-corrected chi connectivity index (χ1v) is 9.82. The molecule has 0 aliphatic carbocycles. The minimum atomic E-state index is -0.662. The Morgan fingerprint density at radius 3 is 2.52 bits per heavy atom. The molecule has 154 valence electrons. The van der Waals surface area contributed by atoms with Crippen molar-refractivity contribution >= 4 is 29.0 Å². The molecule has 1 atom stereocenters. The van der Waals surface area contributed by atoms with E-state index in [1.807, 2.05) is 31.3 Å². The molecule has 1 saturated heterocycles. The lowest BCUT2D eigenvalue weighted by atomic mass is 9.79. The third kappa shape index (κ3) is 4.67. The van der Waals surface area contributed by atoms with Crippen molar-refractivity contribution in [3.63, 3.8) is 0 Å². The highest BCUT2D eigenvalue weighted by atomic mass is 16.2. The molecule has 7 nitrogen and oxygen atoms in total. The molecule has 0 radical (unpaired) electrons. The second kappa shape index (κ2) is 8.11. The van der Waals surface area contributed by atoms with Crippen LogP contribution in [-0.4, -0.2) is 35.3 Å². The van der Waals surface area contributed by atoms with E-state index >= 15 is 0 Å². The number of pyridine rings is 1. The number of nitrogens with one attached hydrogen (secondary N) is 2. The lowest BCUT2D eigenvalue weighted by Gasteiger charge is -2.43. The zero-order chi connectivity index (χ0) is 21.2. The summed E-state index contributed by atoms with van der Waals surface area (Å²) in [4.78, 5) is 31.6.